The lowest BCUT2D eigenvalue weighted by molar-refractivity contribution is 0.600. The van der Waals surface area contributed by atoms with Crippen LogP contribution in [0.25, 0.3) is 11.3 Å². The van der Waals surface area contributed by atoms with Gasteiger partial charge in [-0.25, -0.2) is 13.5 Å². The monoisotopic (exact) mass is 291 g/mol. The Morgan fingerprint density at radius 3 is 2.65 bits per heavy atom. The van der Waals surface area contributed by atoms with Gasteiger partial charge in [-0.15, -0.1) is 0 Å². The molecular weight excluding hydrogens is 278 g/mol. The Hall–Kier alpha value is -2.15. The molecule has 6 nitrogen and oxygen atoms in total. The maximum Gasteiger partial charge on any atom is 0.264 e. The first-order chi connectivity index (χ1) is 9.54. The third kappa shape index (κ3) is 2.72. The Balaban J connectivity index is 1.89. The molecule has 0 atom stereocenters. The molecule has 104 valence electrons. The molecule has 0 radical (unpaired) electrons. The summed E-state index contributed by atoms with van der Waals surface area (Å²) in [4.78, 5) is 11.0. The maximum absolute atomic E-state index is 11.9. The van der Waals surface area contributed by atoms with E-state index in [0.717, 1.165) is 18.4 Å². The van der Waals surface area contributed by atoms with Crippen molar-refractivity contribution in [1.29, 1.82) is 0 Å². The second kappa shape index (κ2) is 4.75. The molecule has 2 N–H and O–H groups in total. The molecule has 2 aromatic rings. The molecular formula is C13H13N3O3S. The van der Waals surface area contributed by atoms with Crippen LogP contribution in [-0.2, 0) is 10.0 Å². The molecule has 1 fully saturated rings. The number of benzene rings is 1. The van der Waals surface area contributed by atoms with E-state index in [1.54, 1.807) is 30.3 Å². The van der Waals surface area contributed by atoms with Gasteiger partial charge in [0.1, 0.15) is 0 Å². The molecule has 1 aromatic heterocycles. The highest BCUT2D eigenvalue weighted by Gasteiger charge is 2.35. The summed E-state index contributed by atoms with van der Waals surface area (Å²) in [6, 6.07) is 9.90. The summed E-state index contributed by atoms with van der Waals surface area (Å²) in [5.74, 6) is 0. The highest BCUT2D eigenvalue weighted by molar-refractivity contribution is 7.93. The smallest absolute Gasteiger partial charge is 0.264 e. The summed E-state index contributed by atoms with van der Waals surface area (Å²) in [7, 11) is -3.27. The Bertz CT molecular complexity index is 774. The lowest BCUT2D eigenvalue weighted by Gasteiger charge is -2.08. The number of aromatic amines is 1. The fraction of sp³-hybridized carbons (Fsp3) is 0.231. The minimum atomic E-state index is -3.27. The highest BCUT2D eigenvalue weighted by Crippen LogP contribution is 2.30. The van der Waals surface area contributed by atoms with E-state index in [-0.39, 0.29) is 10.8 Å². The summed E-state index contributed by atoms with van der Waals surface area (Å²) in [6.07, 6.45) is 1.44. The number of nitrogens with one attached hydrogen (secondary N) is 2. The van der Waals surface area contributed by atoms with Crippen molar-refractivity contribution in [2.24, 2.45) is 0 Å². The number of hydrogen-bond acceptors (Lipinski definition) is 4. The quantitative estimate of drug-likeness (QED) is 0.889. The van der Waals surface area contributed by atoms with Gasteiger partial charge >= 0.3 is 0 Å². The molecule has 0 amide bonds. The van der Waals surface area contributed by atoms with Crippen LogP contribution in [0.15, 0.2) is 41.2 Å². The topological polar surface area (TPSA) is 91.9 Å². The Morgan fingerprint density at radius 2 is 2.00 bits per heavy atom. The SMILES string of the molecule is O=c1ccc(-c2cccc(NS(=O)(=O)C3CC3)c2)n[nH]1. The summed E-state index contributed by atoms with van der Waals surface area (Å²) < 4.78 is 26.3. The predicted molar refractivity (Wildman–Crippen MR) is 75.9 cm³/mol. The molecule has 1 aromatic carbocycles. The fourth-order valence-corrected chi connectivity index (χ4v) is 3.25. The Kier molecular flexibility index (Phi) is 3.06. The molecule has 20 heavy (non-hydrogen) atoms. The van der Waals surface area contributed by atoms with Crippen LogP contribution < -0.4 is 10.3 Å². The number of anilines is 1. The van der Waals surface area contributed by atoms with Crippen molar-refractivity contribution >= 4 is 15.7 Å². The summed E-state index contributed by atoms with van der Waals surface area (Å²) in [5.41, 5.74) is 1.54. The van der Waals surface area contributed by atoms with Gasteiger partial charge in [-0.1, -0.05) is 12.1 Å². The van der Waals surface area contributed by atoms with Crippen LogP contribution in [0, 0.1) is 0 Å². The lowest BCUT2D eigenvalue weighted by atomic mass is 10.1. The van der Waals surface area contributed by atoms with Gasteiger partial charge in [0.15, 0.2) is 0 Å². The van der Waals surface area contributed by atoms with E-state index in [4.69, 9.17) is 0 Å². The van der Waals surface area contributed by atoms with E-state index in [1.807, 2.05) is 0 Å². The minimum absolute atomic E-state index is 0.266. The van der Waals surface area contributed by atoms with Crippen LogP contribution in [0.3, 0.4) is 0 Å². The zero-order valence-corrected chi connectivity index (χ0v) is 11.4. The van der Waals surface area contributed by atoms with Crippen molar-refractivity contribution in [2.45, 2.75) is 18.1 Å². The average Bonchev–Trinajstić information content (AvgIpc) is 3.24. The molecule has 1 aliphatic carbocycles. The molecule has 1 aliphatic rings. The number of aromatic nitrogens is 2. The van der Waals surface area contributed by atoms with E-state index < -0.39 is 10.0 Å². The third-order valence-electron chi connectivity index (χ3n) is 3.06. The Labute approximate surface area is 115 Å². The van der Waals surface area contributed by atoms with Crippen molar-refractivity contribution in [3.8, 4) is 11.3 Å². The lowest BCUT2D eigenvalue weighted by Crippen LogP contribution is -2.17. The van der Waals surface area contributed by atoms with E-state index in [2.05, 4.69) is 14.9 Å². The van der Waals surface area contributed by atoms with Gasteiger partial charge < -0.3 is 0 Å². The molecule has 1 saturated carbocycles. The van der Waals surface area contributed by atoms with Gasteiger partial charge in [0.25, 0.3) is 5.56 Å². The highest BCUT2D eigenvalue weighted by atomic mass is 32.2. The second-order valence-corrected chi connectivity index (χ2v) is 6.69. The van der Waals surface area contributed by atoms with Crippen LogP contribution in [0.1, 0.15) is 12.8 Å². The summed E-state index contributed by atoms with van der Waals surface area (Å²) in [5, 5.41) is 6.00. The zero-order chi connectivity index (χ0) is 14.2. The molecule has 0 unspecified atom stereocenters. The molecule has 0 saturated heterocycles. The van der Waals surface area contributed by atoms with E-state index in [9.17, 15) is 13.2 Å². The van der Waals surface area contributed by atoms with Crippen molar-refractivity contribution in [3.63, 3.8) is 0 Å². The normalized spacial score (nSPS) is 15.0. The van der Waals surface area contributed by atoms with Crippen LogP contribution in [0.4, 0.5) is 5.69 Å². The number of rotatable bonds is 4. The van der Waals surface area contributed by atoms with Crippen LogP contribution in [0.5, 0.6) is 0 Å². The summed E-state index contributed by atoms with van der Waals surface area (Å²) >= 11 is 0. The zero-order valence-electron chi connectivity index (χ0n) is 10.5. The summed E-state index contributed by atoms with van der Waals surface area (Å²) in [6.45, 7) is 0. The van der Waals surface area contributed by atoms with Crippen LogP contribution in [0.2, 0.25) is 0 Å². The van der Waals surface area contributed by atoms with Gasteiger partial charge in [0.05, 0.1) is 10.9 Å². The predicted octanol–water partition coefficient (Wildman–Crippen LogP) is 1.34. The first kappa shape index (κ1) is 12.9. The number of nitrogens with zero attached hydrogens (tertiary/aromatic N) is 1. The molecule has 0 aliphatic heterocycles. The number of H-pyrrole nitrogens is 1. The molecule has 1 heterocycles. The van der Waals surface area contributed by atoms with Gasteiger partial charge in [0.2, 0.25) is 10.0 Å². The minimum Gasteiger partial charge on any atom is -0.283 e. The molecule has 7 heteroatoms. The fourth-order valence-electron chi connectivity index (χ4n) is 1.87. The van der Waals surface area contributed by atoms with Gasteiger partial charge in [-0.3, -0.25) is 9.52 Å². The van der Waals surface area contributed by atoms with E-state index in [0.29, 0.717) is 11.4 Å². The van der Waals surface area contributed by atoms with Gasteiger partial charge in [-0.2, -0.15) is 5.10 Å². The van der Waals surface area contributed by atoms with Crippen molar-refractivity contribution in [1.82, 2.24) is 10.2 Å². The van der Waals surface area contributed by atoms with Crippen molar-refractivity contribution in [2.75, 3.05) is 4.72 Å². The molecule has 3 rings (SSSR count). The molecule has 0 spiro atoms. The number of sulfonamides is 1. The van der Waals surface area contributed by atoms with E-state index >= 15 is 0 Å². The maximum atomic E-state index is 11.9. The van der Waals surface area contributed by atoms with Crippen molar-refractivity contribution in [3.05, 3.63) is 46.8 Å². The average molecular weight is 291 g/mol. The standard InChI is InChI=1S/C13H13N3O3S/c17-13-7-6-12(14-15-13)9-2-1-3-10(8-9)16-20(18,19)11-4-5-11/h1-3,6-8,11,16H,4-5H2,(H,15,17). The first-order valence-corrected chi connectivity index (χ1v) is 7.77. The van der Waals surface area contributed by atoms with Crippen LogP contribution >= 0.6 is 0 Å². The van der Waals surface area contributed by atoms with Gasteiger partial charge in [0, 0.05) is 17.3 Å². The third-order valence-corrected chi connectivity index (χ3v) is 4.93. The first-order valence-electron chi connectivity index (χ1n) is 6.22. The van der Waals surface area contributed by atoms with Gasteiger partial charge in [-0.05, 0) is 31.0 Å². The largest absolute Gasteiger partial charge is 0.283 e. The number of hydrogen-bond donors (Lipinski definition) is 2. The molecule has 0 bridgehead atoms. The van der Waals surface area contributed by atoms with Crippen molar-refractivity contribution < 1.29 is 8.42 Å². The van der Waals surface area contributed by atoms with E-state index in [1.165, 1.54) is 6.07 Å². The van der Waals surface area contributed by atoms with Crippen LogP contribution in [-0.4, -0.2) is 23.9 Å². The second-order valence-electron chi connectivity index (χ2n) is 4.73. The Morgan fingerprint density at radius 1 is 1.20 bits per heavy atom.